The Hall–Kier alpha value is -2.39. The predicted molar refractivity (Wildman–Crippen MR) is 141 cm³/mol. The molecule has 0 unspecified atom stereocenters. The number of nitrogens with zero attached hydrogens (tertiary/aromatic N) is 4. The Morgan fingerprint density at radius 2 is 1.56 bits per heavy atom. The van der Waals surface area contributed by atoms with Gasteiger partial charge in [0.25, 0.3) is 0 Å². The molecule has 0 spiro atoms. The molecule has 2 N–H and O–H groups in total. The van der Waals surface area contributed by atoms with Crippen molar-refractivity contribution < 1.29 is 0 Å². The van der Waals surface area contributed by atoms with Crippen molar-refractivity contribution in [2.45, 2.75) is 39.0 Å². The number of nitrogens with one attached hydrogen (secondary N) is 2. The fourth-order valence-corrected chi connectivity index (χ4v) is 3.97. The van der Waals surface area contributed by atoms with Crippen LogP contribution in [0, 0.1) is 0 Å². The number of hydrogen-bond donors (Lipinski definition) is 2. The fourth-order valence-electron chi connectivity index (χ4n) is 3.97. The van der Waals surface area contributed by atoms with Crippen molar-refractivity contribution >= 4 is 29.9 Å². The summed E-state index contributed by atoms with van der Waals surface area (Å²) in [4.78, 5) is 6.89. The number of likely N-dealkylation sites (tertiary alicyclic amines) is 1. The maximum atomic E-state index is 4.36. The first-order chi connectivity index (χ1) is 15.3. The molecular formula is C25H33IN6. The summed E-state index contributed by atoms with van der Waals surface area (Å²) < 4.78 is 1.93. The van der Waals surface area contributed by atoms with Gasteiger partial charge in [-0.1, -0.05) is 48.5 Å². The maximum Gasteiger partial charge on any atom is 0.191 e. The third-order valence-electron chi connectivity index (χ3n) is 5.67. The third-order valence-corrected chi connectivity index (χ3v) is 5.67. The van der Waals surface area contributed by atoms with Gasteiger partial charge in [-0.15, -0.1) is 24.0 Å². The van der Waals surface area contributed by atoms with Crippen LogP contribution in [0.5, 0.6) is 0 Å². The summed E-state index contributed by atoms with van der Waals surface area (Å²) in [5.74, 6) is 0.804. The average Bonchev–Trinajstić information content (AvgIpc) is 3.50. The minimum atomic E-state index is 0. The monoisotopic (exact) mass is 544 g/mol. The summed E-state index contributed by atoms with van der Waals surface area (Å²) in [6, 6.07) is 19.4. The molecule has 0 atom stereocenters. The van der Waals surface area contributed by atoms with Crippen LogP contribution in [-0.4, -0.2) is 40.8 Å². The van der Waals surface area contributed by atoms with Crippen molar-refractivity contribution in [1.29, 1.82) is 0 Å². The second-order valence-corrected chi connectivity index (χ2v) is 8.10. The van der Waals surface area contributed by atoms with E-state index < -0.39 is 0 Å². The van der Waals surface area contributed by atoms with E-state index >= 15 is 0 Å². The van der Waals surface area contributed by atoms with Gasteiger partial charge >= 0.3 is 0 Å². The van der Waals surface area contributed by atoms with Gasteiger partial charge in [0, 0.05) is 39.1 Å². The highest BCUT2D eigenvalue weighted by Crippen LogP contribution is 2.13. The average molecular weight is 544 g/mol. The van der Waals surface area contributed by atoms with Crippen LogP contribution >= 0.6 is 24.0 Å². The lowest BCUT2D eigenvalue weighted by Gasteiger charge is -2.15. The van der Waals surface area contributed by atoms with Gasteiger partial charge in [0.05, 0.1) is 6.54 Å². The molecule has 32 heavy (non-hydrogen) atoms. The highest BCUT2D eigenvalue weighted by molar-refractivity contribution is 14.0. The quantitative estimate of drug-likeness (QED) is 0.256. The number of aliphatic imine (C=N–C) groups is 1. The second-order valence-electron chi connectivity index (χ2n) is 8.10. The summed E-state index contributed by atoms with van der Waals surface area (Å²) in [6.07, 6.45) is 6.46. The fraction of sp³-hybridized carbons (Fsp3) is 0.360. The van der Waals surface area contributed by atoms with E-state index in [1.165, 1.54) is 48.2 Å². The van der Waals surface area contributed by atoms with Crippen LogP contribution in [-0.2, 0) is 26.2 Å². The van der Waals surface area contributed by atoms with Crippen LogP contribution in [0.3, 0.4) is 0 Å². The lowest BCUT2D eigenvalue weighted by atomic mass is 10.1. The van der Waals surface area contributed by atoms with Gasteiger partial charge in [-0.2, -0.15) is 5.10 Å². The molecule has 1 aliphatic rings. The van der Waals surface area contributed by atoms with Crippen molar-refractivity contribution in [3.8, 4) is 0 Å². The van der Waals surface area contributed by atoms with Crippen LogP contribution in [0.25, 0.3) is 0 Å². The Labute approximate surface area is 208 Å². The Morgan fingerprint density at radius 1 is 0.875 bits per heavy atom. The van der Waals surface area contributed by atoms with E-state index in [1.54, 1.807) is 0 Å². The summed E-state index contributed by atoms with van der Waals surface area (Å²) >= 11 is 0. The van der Waals surface area contributed by atoms with Crippen LogP contribution in [0.1, 0.15) is 35.1 Å². The zero-order chi connectivity index (χ0) is 21.3. The molecule has 0 amide bonds. The van der Waals surface area contributed by atoms with Gasteiger partial charge in [-0.05, 0) is 54.3 Å². The first-order valence-electron chi connectivity index (χ1n) is 11.1. The second kappa shape index (κ2) is 12.6. The Morgan fingerprint density at radius 3 is 2.25 bits per heavy atom. The van der Waals surface area contributed by atoms with E-state index in [0.29, 0.717) is 0 Å². The van der Waals surface area contributed by atoms with Crippen LogP contribution < -0.4 is 10.6 Å². The number of hydrogen-bond acceptors (Lipinski definition) is 3. The third kappa shape index (κ3) is 7.34. The highest BCUT2D eigenvalue weighted by Gasteiger charge is 2.11. The van der Waals surface area contributed by atoms with Gasteiger partial charge < -0.3 is 10.6 Å². The summed E-state index contributed by atoms with van der Waals surface area (Å²) in [5, 5.41) is 11.1. The van der Waals surface area contributed by atoms with Gasteiger partial charge in [0.15, 0.2) is 5.96 Å². The zero-order valence-electron chi connectivity index (χ0n) is 18.7. The number of rotatable bonds is 8. The van der Waals surface area contributed by atoms with E-state index in [-0.39, 0.29) is 24.0 Å². The number of guanidine groups is 1. The minimum Gasteiger partial charge on any atom is -0.352 e. The molecule has 2 aromatic carbocycles. The number of aromatic nitrogens is 2. The topological polar surface area (TPSA) is 57.5 Å². The van der Waals surface area contributed by atoms with Crippen LogP contribution in [0.2, 0.25) is 0 Å². The van der Waals surface area contributed by atoms with E-state index in [2.05, 4.69) is 74.2 Å². The molecule has 6 nitrogen and oxygen atoms in total. The minimum absolute atomic E-state index is 0. The zero-order valence-corrected chi connectivity index (χ0v) is 21.0. The van der Waals surface area contributed by atoms with E-state index in [1.807, 2.05) is 30.2 Å². The molecule has 7 heteroatoms. The number of benzene rings is 2. The molecule has 3 aromatic rings. The van der Waals surface area contributed by atoms with Crippen molar-refractivity contribution in [1.82, 2.24) is 25.3 Å². The van der Waals surface area contributed by atoms with Crippen molar-refractivity contribution in [3.05, 3.63) is 89.2 Å². The molecule has 1 saturated heterocycles. The first kappa shape index (κ1) is 24.3. The smallest absolute Gasteiger partial charge is 0.191 e. The predicted octanol–water partition coefficient (Wildman–Crippen LogP) is 4.01. The van der Waals surface area contributed by atoms with E-state index in [4.69, 9.17) is 0 Å². The molecule has 0 radical (unpaired) electrons. The molecule has 1 aromatic heterocycles. The molecule has 0 bridgehead atoms. The maximum absolute atomic E-state index is 4.36. The van der Waals surface area contributed by atoms with E-state index in [9.17, 15) is 0 Å². The van der Waals surface area contributed by atoms with Crippen molar-refractivity contribution in [2.75, 3.05) is 20.1 Å². The molecule has 0 saturated carbocycles. The normalized spacial score (nSPS) is 14.2. The van der Waals surface area contributed by atoms with Crippen molar-refractivity contribution in [3.63, 3.8) is 0 Å². The molecule has 1 fully saturated rings. The molecule has 170 valence electrons. The summed E-state index contributed by atoms with van der Waals surface area (Å²) in [7, 11) is 1.81. The SMILES string of the molecule is CN=C(NCc1ccc(CN2CCCC2)cc1)NCc1cccc(Cn2cccn2)c1.I. The summed E-state index contributed by atoms with van der Waals surface area (Å²) in [5.41, 5.74) is 5.11. The first-order valence-corrected chi connectivity index (χ1v) is 11.1. The Kier molecular flexibility index (Phi) is 9.55. The van der Waals surface area contributed by atoms with E-state index in [0.717, 1.165) is 32.1 Å². The highest BCUT2D eigenvalue weighted by atomic mass is 127. The molecular weight excluding hydrogens is 511 g/mol. The Bertz CT molecular complexity index is 962. The van der Waals surface area contributed by atoms with Crippen molar-refractivity contribution in [2.24, 2.45) is 4.99 Å². The van der Waals surface area contributed by atoms with Crippen LogP contribution in [0.4, 0.5) is 0 Å². The van der Waals surface area contributed by atoms with Gasteiger partial charge in [-0.25, -0.2) is 0 Å². The van der Waals surface area contributed by atoms with Gasteiger partial charge in [-0.3, -0.25) is 14.6 Å². The number of halogens is 1. The van der Waals surface area contributed by atoms with Gasteiger partial charge in [0.2, 0.25) is 0 Å². The van der Waals surface area contributed by atoms with Crippen LogP contribution in [0.15, 0.2) is 72.0 Å². The standard InChI is InChI=1S/C25H32N6.HI/c1-26-25(27-17-21-8-10-22(11-9-21)19-30-13-2-3-14-30)28-18-23-6-4-7-24(16-23)20-31-15-5-12-29-31;/h4-12,15-16H,2-3,13-14,17-20H2,1H3,(H2,26,27,28);1H. The lowest BCUT2D eigenvalue weighted by molar-refractivity contribution is 0.331. The lowest BCUT2D eigenvalue weighted by Crippen LogP contribution is -2.36. The summed E-state index contributed by atoms with van der Waals surface area (Å²) in [6.45, 7) is 5.79. The molecule has 4 rings (SSSR count). The molecule has 0 aliphatic carbocycles. The Balaban J connectivity index is 0.00000289. The molecule has 2 heterocycles. The van der Waals surface area contributed by atoms with Gasteiger partial charge in [0.1, 0.15) is 0 Å². The molecule has 1 aliphatic heterocycles. The largest absolute Gasteiger partial charge is 0.352 e.